The average molecular weight is 273 g/mol. The first kappa shape index (κ1) is 13.5. The van der Waals surface area contributed by atoms with Gasteiger partial charge in [0.15, 0.2) is 0 Å². The molecule has 1 aliphatic rings. The highest BCUT2D eigenvalue weighted by atomic mass is 32.2. The quantitative estimate of drug-likeness (QED) is 0.805. The zero-order chi connectivity index (χ0) is 13.2. The average Bonchev–Trinajstić information content (AvgIpc) is 2.72. The van der Waals surface area contributed by atoms with E-state index in [1.807, 2.05) is 0 Å². The monoisotopic (exact) mass is 273 g/mol. The number of aromatic nitrogens is 1. The highest BCUT2D eigenvalue weighted by molar-refractivity contribution is 7.89. The van der Waals surface area contributed by atoms with Gasteiger partial charge in [-0.2, -0.15) is 0 Å². The zero-order valence-electron chi connectivity index (χ0n) is 10.4. The van der Waals surface area contributed by atoms with Gasteiger partial charge in [-0.05, 0) is 18.9 Å². The van der Waals surface area contributed by atoms with E-state index in [4.69, 9.17) is 10.5 Å². The van der Waals surface area contributed by atoms with E-state index in [1.165, 1.54) is 0 Å². The molecule has 0 bridgehead atoms. The Labute approximate surface area is 107 Å². The molecule has 1 aromatic heterocycles. The lowest BCUT2D eigenvalue weighted by molar-refractivity contribution is 0.0774. The molecule has 0 aliphatic carbocycles. The summed E-state index contributed by atoms with van der Waals surface area (Å²) in [6.45, 7) is 1.47. The van der Waals surface area contributed by atoms with Crippen molar-refractivity contribution in [3.63, 3.8) is 0 Å². The van der Waals surface area contributed by atoms with Crippen molar-refractivity contribution in [1.82, 2.24) is 9.29 Å². The molecule has 1 aliphatic heterocycles. The van der Waals surface area contributed by atoms with E-state index in [2.05, 4.69) is 4.72 Å². The number of ether oxygens (including phenoxy) is 1. The van der Waals surface area contributed by atoms with Crippen LogP contribution in [0.3, 0.4) is 0 Å². The van der Waals surface area contributed by atoms with Gasteiger partial charge in [0.25, 0.3) is 0 Å². The van der Waals surface area contributed by atoms with Crippen LogP contribution in [0.5, 0.6) is 0 Å². The minimum Gasteiger partial charge on any atom is -0.380 e. The molecule has 0 saturated carbocycles. The Morgan fingerprint density at radius 1 is 1.61 bits per heavy atom. The largest absolute Gasteiger partial charge is 0.380 e. The van der Waals surface area contributed by atoms with Crippen molar-refractivity contribution in [3.8, 4) is 0 Å². The smallest absolute Gasteiger partial charge is 0.242 e. The fourth-order valence-electron chi connectivity index (χ4n) is 2.05. The predicted molar refractivity (Wildman–Crippen MR) is 67.5 cm³/mol. The van der Waals surface area contributed by atoms with Crippen LogP contribution < -0.4 is 10.5 Å². The van der Waals surface area contributed by atoms with Gasteiger partial charge < -0.3 is 15.0 Å². The number of nitrogens with one attached hydrogen (secondary N) is 1. The van der Waals surface area contributed by atoms with E-state index >= 15 is 0 Å². The fraction of sp³-hybridized carbons (Fsp3) is 0.636. The Morgan fingerprint density at radius 3 is 2.94 bits per heavy atom. The molecule has 1 unspecified atom stereocenters. The summed E-state index contributed by atoms with van der Waals surface area (Å²) in [5.74, 6) is 0. The van der Waals surface area contributed by atoms with Gasteiger partial charge >= 0.3 is 0 Å². The lowest BCUT2D eigenvalue weighted by Gasteiger charge is -2.22. The normalized spacial score (nSPS) is 21.1. The van der Waals surface area contributed by atoms with Crippen LogP contribution in [0.1, 0.15) is 18.5 Å². The molecule has 1 saturated heterocycles. The maximum Gasteiger partial charge on any atom is 0.242 e. The van der Waals surface area contributed by atoms with Crippen molar-refractivity contribution in [2.24, 2.45) is 12.8 Å². The molecule has 2 rings (SSSR count). The van der Waals surface area contributed by atoms with E-state index in [1.54, 1.807) is 23.9 Å². The minimum absolute atomic E-state index is 0.134. The molecule has 0 aromatic carbocycles. The molecule has 7 heteroatoms. The summed E-state index contributed by atoms with van der Waals surface area (Å²) in [5, 5.41) is 0. The Kier molecular flexibility index (Phi) is 4.06. The SMILES string of the molecule is Cn1cc(S(=O)(=O)NC2CCCOC2)cc1CN. The van der Waals surface area contributed by atoms with Crippen LogP contribution in [0, 0.1) is 0 Å². The summed E-state index contributed by atoms with van der Waals surface area (Å²) in [7, 11) is -1.70. The number of rotatable bonds is 4. The van der Waals surface area contributed by atoms with E-state index < -0.39 is 10.0 Å². The molecule has 1 aromatic rings. The summed E-state index contributed by atoms with van der Waals surface area (Å²) in [5.41, 5.74) is 6.32. The van der Waals surface area contributed by atoms with Gasteiger partial charge in [-0.15, -0.1) is 0 Å². The van der Waals surface area contributed by atoms with Crippen molar-refractivity contribution < 1.29 is 13.2 Å². The molecule has 2 heterocycles. The molecule has 3 N–H and O–H groups in total. The number of nitrogens with zero attached hydrogens (tertiary/aromatic N) is 1. The molecule has 1 fully saturated rings. The van der Waals surface area contributed by atoms with Crippen LogP contribution in [0.4, 0.5) is 0 Å². The van der Waals surface area contributed by atoms with Crippen LogP contribution in [0.2, 0.25) is 0 Å². The van der Waals surface area contributed by atoms with Gasteiger partial charge in [0.2, 0.25) is 10.0 Å². The first-order valence-electron chi connectivity index (χ1n) is 5.98. The number of sulfonamides is 1. The summed E-state index contributed by atoms with van der Waals surface area (Å²) >= 11 is 0. The molecule has 0 spiro atoms. The van der Waals surface area contributed by atoms with Crippen LogP contribution in [-0.4, -0.2) is 32.2 Å². The van der Waals surface area contributed by atoms with Gasteiger partial charge in [-0.1, -0.05) is 0 Å². The summed E-state index contributed by atoms with van der Waals surface area (Å²) < 4.78 is 34.0. The Hall–Kier alpha value is -0.890. The predicted octanol–water partition coefficient (Wildman–Crippen LogP) is -0.0589. The second-order valence-corrected chi connectivity index (χ2v) is 6.23. The molecule has 102 valence electrons. The summed E-state index contributed by atoms with van der Waals surface area (Å²) in [4.78, 5) is 0.260. The van der Waals surface area contributed by atoms with Crippen molar-refractivity contribution in [1.29, 1.82) is 0 Å². The summed E-state index contributed by atoms with van der Waals surface area (Å²) in [6.07, 6.45) is 3.28. The first-order chi connectivity index (χ1) is 8.53. The first-order valence-corrected chi connectivity index (χ1v) is 7.46. The number of hydrogen-bond acceptors (Lipinski definition) is 4. The maximum absolute atomic E-state index is 12.2. The van der Waals surface area contributed by atoms with Gasteiger partial charge in [0.1, 0.15) is 0 Å². The third-order valence-corrected chi connectivity index (χ3v) is 4.57. The maximum atomic E-state index is 12.2. The second kappa shape index (κ2) is 5.40. The third-order valence-electron chi connectivity index (χ3n) is 3.08. The van der Waals surface area contributed by atoms with E-state index in [0.29, 0.717) is 19.8 Å². The molecule has 6 nitrogen and oxygen atoms in total. The highest BCUT2D eigenvalue weighted by Crippen LogP contribution is 2.15. The minimum atomic E-state index is -3.48. The van der Waals surface area contributed by atoms with Crippen molar-refractivity contribution in [3.05, 3.63) is 18.0 Å². The Morgan fingerprint density at radius 2 is 2.39 bits per heavy atom. The highest BCUT2D eigenvalue weighted by Gasteiger charge is 2.23. The van der Waals surface area contributed by atoms with Crippen LogP contribution in [0.15, 0.2) is 17.2 Å². The number of nitrogens with two attached hydrogens (primary N) is 1. The Bertz CT molecular complexity index is 504. The zero-order valence-corrected chi connectivity index (χ0v) is 11.2. The topological polar surface area (TPSA) is 86.3 Å². The van der Waals surface area contributed by atoms with Gasteiger partial charge in [-0.25, -0.2) is 13.1 Å². The van der Waals surface area contributed by atoms with Gasteiger partial charge in [0, 0.05) is 38.1 Å². The Balaban J connectivity index is 2.13. The van der Waals surface area contributed by atoms with E-state index in [0.717, 1.165) is 18.5 Å². The van der Waals surface area contributed by atoms with Crippen LogP contribution in [0.25, 0.3) is 0 Å². The van der Waals surface area contributed by atoms with Gasteiger partial charge in [-0.3, -0.25) is 0 Å². The second-order valence-electron chi connectivity index (χ2n) is 4.52. The van der Waals surface area contributed by atoms with Crippen molar-refractivity contribution >= 4 is 10.0 Å². The molecular weight excluding hydrogens is 254 g/mol. The number of hydrogen-bond donors (Lipinski definition) is 2. The number of aryl methyl sites for hydroxylation is 1. The fourth-order valence-corrected chi connectivity index (χ4v) is 3.40. The van der Waals surface area contributed by atoms with Crippen LogP contribution >= 0.6 is 0 Å². The molecular formula is C11H19N3O3S. The van der Waals surface area contributed by atoms with Gasteiger partial charge in [0.05, 0.1) is 11.5 Å². The van der Waals surface area contributed by atoms with Crippen LogP contribution in [-0.2, 0) is 28.4 Å². The molecule has 1 atom stereocenters. The van der Waals surface area contributed by atoms with E-state index in [-0.39, 0.29) is 10.9 Å². The standard InChI is InChI=1S/C11H19N3O3S/c1-14-7-11(5-10(14)6-12)18(15,16)13-9-3-2-4-17-8-9/h5,7,9,13H,2-4,6,8,12H2,1H3. The molecule has 18 heavy (non-hydrogen) atoms. The molecule has 0 radical (unpaired) electrons. The van der Waals surface area contributed by atoms with E-state index in [9.17, 15) is 8.42 Å². The van der Waals surface area contributed by atoms with Crippen molar-refractivity contribution in [2.75, 3.05) is 13.2 Å². The summed E-state index contributed by atoms with van der Waals surface area (Å²) in [6, 6.07) is 1.47. The van der Waals surface area contributed by atoms with Crippen molar-refractivity contribution in [2.45, 2.75) is 30.3 Å². The lowest BCUT2D eigenvalue weighted by atomic mass is 10.1. The molecule has 0 amide bonds. The third kappa shape index (κ3) is 2.92. The lowest BCUT2D eigenvalue weighted by Crippen LogP contribution is -2.40.